The first-order valence-electron chi connectivity index (χ1n) is 5.36. The number of nitrogen functional groups attached to an aromatic ring is 1. The molecule has 5 heteroatoms. The van der Waals surface area contributed by atoms with E-state index in [-0.39, 0.29) is 0 Å². The van der Waals surface area contributed by atoms with E-state index in [9.17, 15) is 5.11 Å². The molecule has 0 amide bonds. The maximum absolute atomic E-state index is 9.85. The molecule has 88 valence electrons. The largest absolute Gasteiger partial charge is 0.397 e. The Labute approximate surface area is 100 Å². The van der Waals surface area contributed by atoms with Gasteiger partial charge < -0.3 is 15.7 Å². The number of aromatic nitrogens is 1. The lowest BCUT2D eigenvalue weighted by molar-refractivity contribution is 0.0350. The Balaban J connectivity index is 2.14. The Hall–Kier alpha value is -1.00. The van der Waals surface area contributed by atoms with Crippen LogP contribution in [0.25, 0.3) is 0 Å². The van der Waals surface area contributed by atoms with Crippen molar-refractivity contribution < 1.29 is 5.11 Å². The van der Waals surface area contributed by atoms with Crippen molar-refractivity contribution in [3.8, 4) is 0 Å². The second-order valence-corrected chi connectivity index (χ2v) is 4.97. The summed E-state index contributed by atoms with van der Waals surface area (Å²) in [7, 11) is 0. The summed E-state index contributed by atoms with van der Waals surface area (Å²) in [5.74, 6) is 0.756. The molecule has 3 N–H and O–H groups in total. The lowest BCUT2D eigenvalue weighted by Crippen LogP contribution is -2.42. The molecule has 0 aliphatic carbocycles. The number of pyridine rings is 1. The fraction of sp³-hybridized carbons (Fsp3) is 0.545. The summed E-state index contributed by atoms with van der Waals surface area (Å²) in [6.07, 6.45) is 3.07. The lowest BCUT2D eigenvalue weighted by atomic mass is 9.94. The van der Waals surface area contributed by atoms with Crippen LogP contribution < -0.4 is 10.6 Å². The number of nitrogens with zero attached hydrogens (tertiary/aromatic N) is 2. The molecular weight excluding hydrogens is 226 g/mol. The van der Waals surface area contributed by atoms with Gasteiger partial charge in [-0.2, -0.15) is 0 Å². The predicted molar refractivity (Wildman–Crippen MR) is 65.7 cm³/mol. The molecule has 0 atom stereocenters. The van der Waals surface area contributed by atoms with Crippen LogP contribution in [0.4, 0.5) is 11.5 Å². The monoisotopic (exact) mass is 241 g/mol. The molecule has 0 aromatic carbocycles. The number of hydrogen-bond donors (Lipinski definition) is 2. The van der Waals surface area contributed by atoms with Crippen molar-refractivity contribution in [1.29, 1.82) is 0 Å². The Bertz CT molecular complexity index is 385. The highest BCUT2D eigenvalue weighted by molar-refractivity contribution is 6.33. The molecule has 1 aliphatic rings. The van der Waals surface area contributed by atoms with Gasteiger partial charge in [-0.25, -0.2) is 4.98 Å². The van der Waals surface area contributed by atoms with Crippen LogP contribution in [0.2, 0.25) is 5.02 Å². The van der Waals surface area contributed by atoms with Gasteiger partial charge in [0.2, 0.25) is 0 Å². The molecule has 16 heavy (non-hydrogen) atoms. The van der Waals surface area contributed by atoms with Gasteiger partial charge >= 0.3 is 0 Å². The molecule has 1 fully saturated rings. The molecule has 2 rings (SSSR count). The van der Waals surface area contributed by atoms with E-state index in [1.54, 1.807) is 12.3 Å². The van der Waals surface area contributed by atoms with Crippen molar-refractivity contribution in [2.75, 3.05) is 23.7 Å². The van der Waals surface area contributed by atoms with Crippen LogP contribution >= 0.6 is 11.6 Å². The minimum absolute atomic E-state index is 0.559. The maximum Gasteiger partial charge on any atom is 0.147 e. The molecule has 1 saturated heterocycles. The van der Waals surface area contributed by atoms with E-state index >= 15 is 0 Å². The van der Waals surface area contributed by atoms with Gasteiger partial charge in [0.1, 0.15) is 5.82 Å². The zero-order chi connectivity index (χ0) is 11.8. The summed E-state index contributed by atoms with van der Waals surface area (Å²) in [4.78, 5) is 6.32. The second kappa shape index (κ2) is 4.11. The van der Waals surface area contributed by atoms with Gasteiger partial charge in [-0.3, -0.25) is 0 Å². The lowest BCUT2D eigenvalue weighted by Gasteiger charge is -2.36. The van der Waals surface area contributed by atoms with Crippen molar-refractivity contribution in [1.82, 2.24) is 4.98 Å². The van der Waals surface area contributed by atoms with E-state index < -0.39 is 5.60 Å². The molecular formula is C11H16ClN3O. The number of hydrogen-bond acceptors (Lipinski definition) is 4. The first kappa shape index (κ1) is 11.5. The molecule has 0 bridgehead atoms. The van der Waals surface area contributed by atoms with Crippen molar-refractivity contribution in [3.63, 3.8) is 0 Å². The molecule has 1 aromatic rings. The molecule has 4 nitrogen and oxygen atoms in total. The Kier molecular flexibility index (Phi) is 2.95. The third-order valence-corrected chi connectivity index (χ3v) is 3.26. The van der Waals surface area contributed by atoms with Crippen molar-refractivity contribution in [2.45, 2.75) is 25.4 Å². The van der Waals surface area contributed by atoms with Crippen LogP contribution in [-0.4, -0.2) is 28.8 Å². The Morgan fingerprint density at radius 1 is 1.50 bits per heavy atom. The van der Waals surface area contributed by atoms with E-state index in [0.29, 0.717) is 10.7 Å². The van der Waals surface area contributed by atoms with Gasteiger partial charge in [0.25, 0.3) is 0 Å². The molecule has 2 heterocycles. The van der Waals surface area contributed by atoms with Crippen LogP contribution in [0, 0.1) is 0 Å². The quantitative estimate of drug-likeness (QED) is 0.785. The highest BCUT2D eigenvalue weighted by Gasteiger charge is 2.28. The van der Waals surface area contributed by atoms with Crippen molar-refractivity contribution in [3.05, 3.63) is 17.3 Å². The number of aliphatic hydroxyl groups is 1. The fourth-order valence-corrected chi connectivity index (χ4v) is 2.17. The summed E-state index contributed by atoms with van der Waals surface area (Å²) in [6.45, 7) is 3.40. The summed E-state index contributed by atoms with van der Waals surface area (Å²) < 4.78 is 0. The Morgan fingerprint density at radius 2 is 2.12 bits per heavy atom. The van der Waals surface area contributed by atoms with E-state index in [2.05, 4.69) is 9.88 Å². The average Bonchev–Trinajstić information content (AvgIpc) is 2.19. The zero-order valence-electron chi connectivity index (χ0n) is 9.28. The van der Waals surface area contributed by atoms with Gasteiger partial charge in [-0.05, 0) is 25.8 Å². The fourth-order valence-electron chi connectivity index (χ4n) is 1.88. The Morgan fingerprint density at radius 3 is 2.69 bits per heavy atom. The smallest absolute Gasteiger partial charge is 0.147 e. The molecule has 0 unspecified atom stereocenters. The van der Waals surface area contributed by atoms with Gasteiger partial charge in [-0.1, -0.05) is 11.6 Å². The van der Waals surface area contributed by atoms with Crippen molar-refractivity contribution in [2.24, 2.45) is 0 Å². The van der Waals surface area contributed by atoms with Gasteiger partial charge in [0.15, 0.2) is 0 Å². The highest BCUT2D eigenvalue weighted by Crippen LogP contribution is 2.30. The van der Waals surface area contributed by atoms with Crippen LogP contribution in [0.15, 0.2) is 12.3 Å². The van der Waals surface area contributed by atoms with Crippen molar-refractivity contribution >= 4 is 23.1 Å². The van der Waals surface area contributed by atoms with E-state index in [0.717, 1.165) is 31.7 Å². The molecule has 1 aliphatic heterocycles. The number of anilines is 2. The third-order valence-electron chi connectivity index (χ3n) is 2.98. The van der Waals surface area contributed by atoms with Gasteiger partial charge in [0, 0.05) is 13.1 Å². The number of halogens is 1. The second-order valence-electron chi connectivity index (χ2n) is 4.56. The molecule has 0 radical (unpaired) electrons. The predicted octanol–water partition coefficient (Wildman–Crippen LogP) is 1.67. The number of nitrogens with two attached hydrogens (primary N) is 1. The summed E-state index contributed by atoms with van der Waals surface area (Å²) >= 11 is 6.09. The van der Waals surface area contributed by atoms with Gasteiger partial charge in [-0.15, -0.1) is 0 Å². The SMILES string of the molecule is CC1(O)CCN(c2ncc(N)cc2Cl)CC1. The van der Waals surface area contributed by atoms with Crippen LogP contribution in [-0.2, 0) is 0 Å². The van der Waals surface area contributed by atoms with Gasteiger partial charge in [0.05, 0.1) is 22.5 Å². The minimum atomic E-state index is -0.559. The maximum atomic E-state index is 9.85. The van der Waals surface area contributed by atoms with E-state index in [1.807, 2.05) is 6.92 Å². The first-order valence-corrected chi connectivity index (χ1v) is 5.74. The third kappa shape index (κ3) is 2.39. The summed E-state index contributed by atoms with van der Waals surface area (Å²) in [5.41, 5.74) is 5.60. The first-order chi connectivity index (χ1) is 7.48. The summed E-state index contributed by atoms with van der Waals surface area (Å²) in [5, 5.41) is 10.4. The highest BCUT2D eigenvalue weighted by atomic mass is 35.5. The average molecular weight is 242 g/mol. The standard InChI is InChI=1S/C11H16ClN3O/c1-11(16)2-4-15(5-3-11)10-9(12)6-8(13)7-14-10/h6-7,16H,2-5,13H2,1H3. The number of rotatable bonds is 1. The minimum Gasteiger partial charge on any atom is -0.397 e. The topological polar surface area (TPSA) is 62.4 Å². The number of piperidine rings is 1. The normalized spacial score (nSPS) is 19.8. The van der Waals surface area contributed by atoms with E-state index in [4.69, 9.17) is 17.3 Å². The van der Waals surface area contributed by atoms with Crippen LogP contribution in [0.5, 0.6) is 0 Å². The molecule has 1 aromatic heterocycles. The molecule has 0 spiro atoms. The zero-order valence-corrected chi connectivity index (χ0v) is 10.0. The summed E-state index contributed by atoms with van der Waals surface area (Å²) in [6, 6.07) is 1.70. The molecule has 0 saturated carbocycles. The van der Waals surface area contributed by atoms with Crippen LogP contribution in [0.3, 0.4) is 0 Å². The van der Waals surface area contributed by atoms with Crippen LogP contribution in [0.1, 0.15) is 19.8 Å². The van der Waals surface area contributed by atoms with E-state index in [1.165, 1.54) is 0 Å².